The van der Waals surface area contributed by atoms with Crippen LogP contribution in [0.3, 0.4) is 0 Å². The van der Waals surface area contributed by atoms with Gasteiger partial charge in [0.15, 0.2) is 11.5 Å². The second-order valence-corrected chi connectivity index (χ2v) is 11.1. The van der Waals surface area contributed by atoms with Crippen LogP contribution in [0.15, 0.2) is 58.8 Å². The van der Waals surface area contributed by atoms with Gasteiger partial charge in [-0.2, -0.15) is 10.2 Å². The smallest absolute Gasteiger partial charge is 0.251 e. The average Bonchev–Trinajstić information content (AvgIpc) is 3.24. The van der Waals surface area contributed by atoms with E-state index < -0.39 is 0 Å². The number of anilines is 1. The van der Waals surface area contributed by atoms with E-state index in [9.17, 15) is 9.59 Å². The summed E-state index contributed by atoms with van der Waals surface area (Å²) in [5.74, 6) is 1.26. The third kappa shape index (κ3) is 4.08. The van der Waals surface area contributed by atoms with Gasteiger partial charge in [0.2, 0.25) is 5.91 Å². The van der Waals surface area contributed by atoms with Crippen molar-refractivity contribution in [3.63, 3.8) is 0 Å². The number of methoxy groups -OCH3 is 1. The lowest BCUT2D eigenvalue weighted by Crippen LogP contribution is -2.45. The van der Waals surface area contributed by atoms with E-state index in [0.717, 1.165) is 46.7 Å². The number of amides is 2. The van der Waals surface area contributed by atoms with E-state index in [1.165, 1.54) is 0 Å². The van der Waals surface area contributed by atoms with Crippen LogP contribution in [-0.4, -0.2) is 35.9 Å². The van der Waals surface area contributed by atoms with Crippen molar-refractivity contribution in [2.75, 3.05) is 12.1 Å². The molecule has 2 amide bonds. The Morgan fingerprint density at radius 3 is 2.47 bits per heavy atom. The summed E-state index contributed by atoms with van der Waals surface area (Å²) in [4.78, 5) is 25.4. The Bertz CT molecular complexity index is 1410. The fourth-order valence-electron chi connectivity index (χ4n) is 6.02. The molecule has 38 heavy (non-hydrogen) atoms. The minimum absolute atomic E-state index is 0.00489. The molecule has 2 aromatic rings. The molecule has 0 spiro atoms. The van der Waals surface area contributed by atoms with Crippen LogP contribution in [0.25, 0.3) is 0 Å². The van der Waals surface area contributed by atoms with E-state index in [-0.39, 0.29) is 35.2 Å². The average molecular weight is 513 g/mol. The minimum atomic E-state index is -0.351. The van der Waals surface area contributed by atoms with Gasteiger partial charge in [0.25, 0.3) is 5.91 Å². The Kier molecular flexibility index (Phi) is 5.85. The molecule has 1 aliphatic carbocycles. The highest BCUT2D eigenvalue weighted by Gasteiger charge is 2.43. The van der Waals surface area contributed by atoms with Crippen LogP contribution in [0.2, 0.25) is 0 Å². The quantitative estimate of drug-likeness (QED) is 0.606. The van der Waals surface area contributed by atoms with Crippen molar-refractivity contribution in [3.8, 4) is 11.5 Å². The summed E-state index contributed by atoms with van der Waals surface area (Å²) in [5.41, 5.74) is 7.69. The second-order valence-electron chi connectivity index (χ2n) is 11.1. The number of nitrogens with zero attached hydrogens (tertiary/aromatic N) is 3. The molecule has 0 aromatic heterocycles. The fraction of sp³-hybridized carbons (Fsp3) is 0.400. The summed E-state index contributed by atoms with van der Waals surface area (Å²) in [6, 6.07) is 11.7. The maximum atomic E-state index is 13.7. The molecule has 3 aliphatic heterocycles. The number of nitrogens with one attached hydrogen (secondary N) is 1. The second kappa shape index (κ2) is 9.11. The highest BCUT2D eigenvalue weighted by Crippen LogP contribution is 2.46. The number of benzene rings is 2. The van der Waals surface area contributed by atoms with Crippen molar-refractivity contribution in [1.29, 1.82) is 0 Å². The van der Waals surface area contributed by atoms with Crippen molar-refractivity contribution in [2.24, 2.45) is 28.0 Å². The van der Waals surface area contributed by atoms with Crippen LogP contribution in [0.5, 0.6) is 11.5 Å². The van der Waals surface area contributed by atoms with Crippen molar-refractivity contribution in [3.05, 3.63) is 65.2 Å². The summed E-state index contributed by atoms with van der Waals surface area (Å²) in [6.07, 6.45) is 6.86. The van der Waals surface area contributed by atoms with Crippen LogP contribution in [-0.2, 0) is 16.0 Å². The Morgan fingerprint density at radius 1 is 1.03 bits per heavy atom. The van der Waals surface area contributed by atoms with E-state index in [0.29, 0.717) is 24.3 Å². The largest absolute Gasteiger partial charge is 0.493 e. The molecule has 0 fully saturated rings. The topological polar surface area (TPSA) is 92.6 Å². The number of hydrogen-bond donors (Lipinski definition) is 1. The van der Waals surface area contributed by atoms with Crippen LogP contribution < -0.4 is 19.9 Å². The van der Waals surface area contributed by atoms with Crippen molar-refractivity contribution in [1.82, 2.24) is 5.43 Å². The summed E-state index contributed by atoms with van der Waals surface area (Å²) in [6.45, 7) is 6.14. The van der Waals surface area contributed by atoms with E-state index in [2.05, 4.69) is 42.6 Å². The lowest BCUT2D eigenvalue weighted by molar-refractivity contribution is -0.124. The normalized spacial score (nSPS) is 25.6. The molecule has 4 aliphatic rings. The SMILES string of the molecule is COc1ccc(C2=NN(c3ccc(C4=NNC(=O)CC4C)cc3)C(=O)[C@H]3CC=CC[C@@H]23)c2c1OC(C)(C)C2. The summed E-state index contributed by atoms with van der Waals surface area (Å²) in [7, 11) is 1.65. The highest BCUT2D eigenvalue weighted by molar-refractivity contribution is 6.13. The van der Waals surface area contributed by atoms with E-state index in [4.69, 9.17) is 14.6 Å². The van der Waals surface area contributed by atoms with Crippen LogP contribution in [0.4, 0.5) is 5.69 Å². The Morgan fingerprint density at radius 2 is 1.76 bits per heavy atom. The van der Waals surface area contributed by atoms with Gasteiger partial charge in [-0.05, 0) is 56.5 Å². The lowest BCUT2D eigenvalue weighted by Gasteiger charge is -2.37. The molecule has 0 radical (unpaired) electrons. The molecule has 8 nitrogen and oxygen atoms in total. The van der Waals surface area contributed by atoms with Crippen LogP contribution in [0, 0.1) is 17.8 Å². The highest BCUT2D eigenvalue weighted by atomic mass is 16.5. The molecule has 1 N–H and O–H groups in total. The maximum absolute atomic E-state index is 13.7. The molecule has 196 valence electrons. The first-order valence-corrected chi connectivity index (χ1v) is 13.2. The molecule has 0 saturated carbocycles. The molecule has 1 unspecified atom stereocenters. The van der Waals surface area contributed by atoms with Crippen molar-refractivity contribution < 1.29 is 19.1 Å². The third-order valence-corrected chi connectivity index (χ3v) is 7.89. The fourth-order valence-corrected chi connectivity index (χ4v) is 6.02. The number of ether oxygens (including phenoxy) is 2. The number of hydrogen-bond acceptors (Lipinski definition) is 6. The van der Waals surface area contributed by atoms with Crippen molar-refractivity contribution >= 4 is 28.9 Å². The molecular formula is C30H32N4O4. The summed E-state index contributed by atoms with van der Waals surface area (Å²) >= 11 is 0. The zero-order valence-electron chi connectivity index (χ0n) is 22.2. The summed E-state index contributed by atoms with van der Waals surface area (Å²) < 4.78 is 11.9. The first kappa shape index (κ1) is 24.4. The van der Waals surface area contributed by atoms with Gasteiger partial charge in [-0.25, -0.2) is 10.4 Å². The third-order valence-electron chi connectivity index (χ3n) is 7.89. The summed E-state index contributed by atoms with van der Waals surface area (Å²) in [5, 5.41) is 10.8. The predicted molar refractivity (Wildman–Crippen MR) is 146 cm³/mol. The van der Waals surface area contributed by atoms with Gasteiger partial charge >= 0.3 is 0 Å². The number of carbonyl (C=O) groups excluding carboxylic acids is 2. The van der Waals surface area contributed by atoms with Crippen LogP contribution in [0.1, 0.15) is 56.7 Å². The van der Waals surface area contributed by atoms with Gasteiger partial charge in [0.05, 0.1) is 30.1 Å². The number of hydrazone groups is 2. The number of fused-ring (bicyclic) bond motifs is 2. The number of carbonyl (C=O) groups is 2. The van der Waals surface area contributed by atoms with Gasteiger partial charge in [0.1, 0.15) is 5.60 Å². The Labute approximate surface area is 222 Å². The first-order chi connectivity index (χ1) is 18.3. The molecule has 2 aromatic carbocycles. The van der Waals surface area contributed by atoms with E-state index >= 15 is 0 Å². The minimum Gasteiger partial charge on any atom is -0.493 e. The molecule has 6 rings (SSSR count). The molecule has 3 atom stereocenters. The first-order valence-electron chi connectivity index (χ1n) is 13.2. The number of allylic oxidation sites excluding steroid dienone is 2. The Balaban J connectivity index is 1.41. The lowest BCUT2D eigenvalue weighted by atomic mass is 9.75. The molecule has 8 heteroatoms. The zero-order chi connectivity index (χ0) is 26.6. The Hall–Kier alpha value is -3.94. The maximum Gasteiger partial charge on any atom is 0.251 e. The van der Waals surface area contributed by atoms with Gasteiger partial charge in [0, 0.05) is 35.8 Å². The van der Waals surface area contributed by atoms with Crippen molar-refractivity contribution in [2.45, 2.75) is 52.1 Å². The van der Waals surface area contributed by atoms with E-state index in [1.807, 2.05) is 37.3 Å². The standard InChI is InChI=1S/C30H32N4O4/c1-17-15-25(35)31-32-26(17)18-9-11-19(12-10-18)34-29(36)22-8-6-5-7-20(22)27(33-34)21-13-14-24(37-4)28-23(21)16-30(2,3)38-28/h5-6,9-14,17,20,22H,7-8,15-16H2,1-4H3,(H,31,35)/t17?,20-,22+/m1/s1. The van der Waals surface area contributed by atoms with Gasteiger partial charge in [-0.3, -0.25) is 9.59 Å². The molecule has 3 heterocycles. The zero-order valence-corrected chi connectivity index (χ0v) is 22.2. The van der Waals surface area contributed by atoms with Gasteiger partial charge in [-0.1, -0.05) is 31.2 Å². The predicted octanol–water partition coefficient (Wildman–Crippen LogP) is 4.60. The molecule has 0 bridgehead atoms. The van der Waals surface area contributed by atoms with E-state index in [1.54, 1.807) is 12.1 Å². The molecule has 0 saturated heterocycles. The van der Waals surface area contributed by atoms with Crippen LogP contribution >= 0.6 is 0 Å². The monoisotopic (exact) mass is 512 g/mol. The van der Waals surface area contributed by atoms with Gasteiger partial charge < -0.3 is 9.47 Å². The number of rotatable bonds is 4. The van der Waals surface area contributed by atoms with Gasteiger partial charge in [-0.15, -0.1) is 0 Å². The molecular weight excluding hydrogens is 480 g/mol.